The molecule has 2 atom stereocenters. The minimum Gasteiger partial charge on any atom is -0.369 e. The number of imidazole rings is 1. The molecular weight excluding hydrogens is 246 g/mol. The van der Waals surface area contributed by atoms with Gasteiger partial charge in [-0.05, 0) is 49.3 Å². The van der Waals surface area contributed by atoms with Gasteiger partial charge in [0.15, 0.2) is 0 Å². The Bertz CT molecular complexity index is 612. The van der Waals surface area contributed by atoms with Gasteiger partial charge < -0.3 is 10.3 Å². The lowest BCUT2D eigenvalue weighted by molar-refractivity contribution is 0.189. The molecule has 0 amide bonds. The zero-order chi connectivity index (χ0) is 14.3. The normalized spacial score (nSPS) is 23.6. The highest BCUT2D eigenvalue weighted by Gasteiger charge is 2.31. The second kappa shape index (κ2) is 5.12. The zero-order valence-corrected chi connectivity index (χ0v) is 12.8. The zero-order valence-electron chi connectivity index (χ0n) is 12.8. The smallest absolute Gasteiger partial charge is 0.201 e. The summed E-state index contributed by atoms with van der Waals surface area (Å²) < 4.78 is 2.31. The van der Waals surface area contributed by atoms with Gasteiger partial charge in [-0.25, -0.2) is 4.98 Å². The number of hydrogen-bond acceptors (Lipinski definition) is 2. The number of fused-ring (bicyclic) bond motifs is 1. The molecule has 1 fully saturated rings. The van der Waals surface area contributed by atoms with Gasteiger partial charge in [0, 0.05) is 6.04 Å². The van der Waals surface area contributed by atoms with Crippen molar-refractivity contribution in [2.45, 2.75) is 52.5 Å². The van der Waals surface area contributed by atoms with Crippen molar-refractivity contribution in [2.75, 3.05) is 5.73 Å². The van der Waals surface area contributed by atoms with Crippen LogP contribution in [0.25, 0.3) is 11.0 Å². The largest absolute Gasteiger partial charge is 0.369 e. The van der Waals surface area contributed by atoms with Crippen molar-refractivity contribution >= 4 is 17.0 Å². The van der Waals surface area contributed by atoms with Crippen LogP contribution in [-0.2, 0) is 0 Å². The molecule has 2 aromatic rings. The SMILES string of the molecule is Cc1ccc2nc(N)n(C3CCCCC3C(C)C)c2c1. The van der Waals surface area contributed by atoms with E-state index in [2.05, 4.69) is 48.5 Å². The minimum atomic E-state index is 0.510. The number of nitrogens with zero attached hydrogens (tertiary/aromatic N) is 2. The Morgan fingerprint density at radius 1 is 1.25 bits per heavy atom. The first-order valence-electron chi connectivity index (χ1n) is 7.82. The number of aromatic nitrogens is 2. The van der Waals surface area contributed by atoms with Crippen molar-refractivity contribution in [3.8, 4) is 0 Å². The summed E-state index contributed by atoms with van der Waals surface area (Å²) >= 11 is 0. The maximum absolute atomic E-state index is 6.25. The van der Waals surface area contributed by atoms with Crippen molar-refractivity contribution in [1.29, 1.82) is 0 Å². The van der Waals surface area contributed by atoms with Crippen LogP contribution >= 0.6 is 0 Å². The Balaban J connectivity index is 2.12. The van der Waals surface area contributed by atoms with Crippen LogP contribution in [0, 0.1) is 18.8 Å². The summed E-state index contributed by atoms with van der Waals surface area (Å²) in [5, 5.41) is 0. The van der Waals surface area contributed by atoms with E-state index >= 15 is 0 Å². The Hall–Kier alpha value is -1.51. The molecule has 0 bridgehead atoms. The lowest BCUT2D eigenvalue weighted by atomic mass is 9.77. The molecule has 1 aromatic heterocycles. The average molecular weight is 271 g/mol. The summed E-state index contributed by atoms with van der Waals surface area (Å²) in [6.45, 7) is 6.81. The van der Waals surface area contributed by atoms with Crippen LogP contribution in [0.3, 0.4) is 0 Å². The second-order valence-electron chi connectivity index (χ2n) is 6.59. The molecule has 3 nitrogen and oxygen atoms in total. The number of nitrogens with two attached hydrogens (primary N) is 1. The molecule has 3 rings (SSSR count). The summed E-state index contributed by atoms with van der Waals surface area (Å²) in [6.07, 6.45) is 5.20. The van der Waals surface area contributed by atoms with E-state index in [1.54, 1.807) is 0 Å². The van der Waals surface area contributed by atoms with Gasteiger partial charge in [-0.3, -0.25) is 0 Å². The van der Waals surface area contributed by atoms with Crippen LogP contribution in [0.4, 0.5) is 5.95 Å². The third kappa shape index (κ3) is 2.19. The number of benzene rings is 1. The summed E-state index contributed by atoms with van der Waals surface area (Å²) in [4.78, 5) is 4.56. The average Bonchev–Trinajstić information content (AvgIpc) is 2.74. The van der Waals surface area contributed by atoms with E-state index in [1.165, 1.54) is 36.8 Å². The molecular formula is C17H25N3. The lowest BCUT2D eigenvalue weighted by Crippen LogP contribution is -2.27. The van der Waals surface area contributed by atoms with Gasteiger partial charge >= 0.3 is 0 Å². The van der Waals surface area contributed by atoms with Crippen LogP contribution < -0.4 is 5.73 Å². The fourth-order valence-electron chi connectivity index (χ4n) is 3.81. The second-order valence-corrected chi connectivity index (χ2v) is 6.59. The first-order valence-corrected chi connectivity index (χ1v) is 7.82. The van der Waals surface area contributed by atoms with E-state index in [1.807, 2.05) is 0 Å². The molecule has 1 heterocycles. The summed E-state index contributed by atoms with van der Waals surface area (Å²) in [7, 11) is 0. The number of anilines is 1. The topological polar surface area (TPSA) is 43.8 Å². The quantitative estimate of drug-likeness (QED) is 0.884. The van der Waals surface area contributed by atoms with Crippen molar-refractivity contribution in [3.63, 3.8) is 0 Å². The predicted octanol–water partition coefficient (Wildman–Crippen LogP) is 4.31. The molecule has 0 spiro atoms. The lowest BCUT2D eigenvalue weighted by Gasteiger charge is -2.36. The highest BCUT2D eigenvalue weighted by molar-refractivity contribution is 5.79. The van der Waals surface area contributed by atoms with Crippen LogP contribution in [0.1, 0.15) is 51.1 Å². The third-order valence-electron chi connectivity index (χ3n) is 4.84. The van der Waals surface area contributed by atoms with E-state index in [0.717, 1.165) is 5.52 Å². The van der Waals surface area contributed by atoms with Crippen LogP contribution in [-0.4, -0.2) is 9.55 Å². The first kappa shape index (κ1) is 13.5. The maximum atomic E-state index is 6.25. The van der Waals surface area contributed by atoms with Gasteiger partial charge in [-0.1, -0.05) is 32.8 Å². The van der Waals surface area contributed by atoms with Gasteiger partial charge in [0.2, 0.25) is 5.95 Å². The third-order valence-corrected chi connectivity index (χ3v) is 4.84. The number of hydrogen-bond donors (Lipinski definition) is 1. The van der Waals surface area contributed by atoms with Crippen LogP contribution in [0.2, 0.25) is 0 Å². The van der Waals surface area contributed by atoms with Crippen molar-refractivity contribution < 1.29 is 0 Å². The highest BCUT2D eigenvalue weighted by Crippen LogP contribution is 2.41. The Kier molecular flexibility index (Phi) is 3.45. The summed E-state index contributed by atoms with van der Waals surface area (Å²) in [6, 6.07) is 6.94. The maximum Gasteiger partial charge on any atom is 0.201 e. The molecule has 2 N–H and O–H groups in total. The molecule has 0 saturated heterocycles. The first-order chi connectivity index (χ1) is 9.58. The van der Waals surface area contributed by atoms with Crippen molar-refractivity contribution in [2.24, 2.45) is 11.8 Å². The van der Waals surface area contributed by atoms with Gasteiger partial charge in [0.1, 0.15) is 0 Å². The summed E-state index contributed by atoms with van der Waals surface area (Å²) in [5.74, 6) is 2.09. The molecule has 1 aliphatic carbocycles. The van der Waals surface area contributed by atoms with Crippen molar-refractivity contribution in [3.05, 3.63) is 23.8 Å². The van der Waals surface area contributed by atoms with E-state index in [-0.39, 0.29) is 0 Å². The number of nitrogen functional groups attached to an aromatic ring is 1. The van der Waals surface area contributed by atoms with Gasteiger partial charge in [0.25, 0.3) is 0 Å². The molecule has 1 aliphatic rings. The monoisotopic (exact) mass is 271 g/mol. The number of aryl methyl sites for hydroxylation is 1. The van der Waals surface area contributed by atoms with Crippen LogP contribution in [0.15, 0.2) is 18.2 Å². The predicted molar refractivity (Wildman–Crippen MR) is 84.7 cm³/mol. The molecule has 108 valence electrons. The van der Waals surface area contributed by atoms with Crippen LogP contribution in [0.5, 0.6) is 0 Å². The summed E-state index contributed by atoms with van der Waals surface area (Å²) in [5.41, 5.74) is 9.76. The number of rotatable bonds is 2. The highest BCUT2D eigenvalue weighted by atomic mass is 15.2. The fraction of sp³-hybridized carbons (Fsp3) is 0.588. The van der Waals surface area contributed by atoms with E-state index in [0.29, 0.717) is 23.8 Å². The standard InChI is InChI=1S/C17H25N3/c1-11(2)13-6-4-5-7-15(13)20-16-10-12(3)8-9-14(16)19-17(20)18/h8-11,13,15H,4-7H2,1-3H3,(H2,18,19). The van der Waals surface area contributed by atoms with E-state index < -0.39 is 0 Å². The van der Waals surface area contributed by atoms with Gasteiger partial charge in [-0.15, -0.1) is 0 Å². The molecule has 0 aliphatic heterocycles. The van der Waals surface area contributed by atoms with E-state index in [9.17, 15) is 0 Å². The molecule has 3 heteroatoms. The minimum absolute atomic E-state index is 0.510. The molecule has 1 aromatic carbocycles. The fourth-order valence-corrected chi connectivity index (χ4v) is 3.81. The van der Waals surface area contributed by atoms with Crippen molar-refractivity contribution in [1.82, 2.24) is 9.55 Å². The Morgan fingerprint density at radius 2 is 2.00 bits per heavy atom. The van der Waals surface area contributed by atoms with E-state index in [4.69, 9.17) is 5.73 Å². The van der Waals surface area contributed by atoms with Gasteiger partial charge in [-0.2, -0.15) is 0 Å². The Morgan fingerprint density at radius 3 is 2.75 bits per heavy atom. The molecule has 20 heavy (non-hydrogen) atoms. The molecule has 2 unspecified atom stereocenters. The Labute approximate surface area is 121 Å². The van der Waals surface area contributed by atoms with Gasteiger partial charge in [0.05, 0.1) is 11.0 Å². The molecule has 0 radical (unpaired) electrons. The molecule has 1 saturated carbocycles.